The second-order valence-corrected chi connectivity index (χ2v) is 8.20. The van der Waals surface area contributed by atoms with Crippen molar-refractivity contribution in [3.63, 3.8) is 0 Å². The van der Waals surface area contributed by atoms with Crippen molar-refractivity contribution >= 4 is 39.4 Å². The third-order valence-corrected chi connectivity index (χ3v) is 5.51. The smallest absolute Gasteiger partial charge is 0.339 e. The summed E-state index contributed by atoms with van der Waals surface area (Å²) in [5.41, 5.74) is 3.23. The third-order valence-electron chi connectivity index (χ3n) is 4.08. The first-order valence-corrected chi connectivity index (χ1v) is 10.6. The van der Waals surface area contributed by atoms with Crippen LogP contribution in [0.2, 0.25) is 5.15 Å². The van der Waals surface area contributed by atoms with Crippen LogP contribution in [0.3, 0.4) is 0 Å². The number of nitrogens with zero attached hydrogens (tertiary/aromatic N) is 4. The highest BCUT2D eigenvalue weighted by Crippen LogP contribution is 2.31. The Hall–Kier alpha value is -3.77. The van der Waals surface area contributed by atoms with E-state index < -0.39 is 15.0 Å². The summed E-state index contributed by atoms with van der Waals surface area (Å²) in [5, 5.41) is 22.8. The van der Waals surface area contributed by atoms with Crippen LogP contribution in [0.5, 0.6) is 11.5 Å². The van der Waals surface area contributed by atoms with E-state index in [0.29, 0.717) is 16.9 Å². The summed E-state index contributed by atoms with van der Waals surface area (Å²) in [6.45, 7) is 1.51. The number of aromatic nitrogens is 2. The molecule has 3 rings (SSSR count). The van der Waals surface area contributed by atoms with Gasteiger partial charge in [-0.25, -0.2) is 0 Å². The summed E-state index contributed by atoms with van der Waals surface area (Å²) in [4.78, 5) is 10.1. The average Bonchev–Trinajstić information content (AvgIpc) is 2.75. The van der Waals surface area contributed by atoms with Crippen LogP contribution in [0, 0.1) is 17.0 Å². The number of aryl methyl sites for hydroxylation is 1. The molecule has 32 heavy (non-hydrogen) atoms. The van der Waals surface area contributed by atoms with Gasteiger partial charge in [0, 0.05) is 11.6 Å². The molecule has 3 aromatic rings. The first kappa shape index (κ1) is 22.9. The topological polar surface area (TPSA) is 146 Å². The van der Waals surface area contributed by atoms with Crippen LogP contribution in [-0.2, 0) is 10.1 Å². The van der Waals surface area contributed by atoms with E-state index in [2.05, 4.69) is 20.7 Å². The van der Waals surface area contributed by atoms with Gasteiger partial charge in [-0.15, -0.1) is 10.2 Å². The molecule has 0 unspecified atom stereocenters. The largest absolute Gasteiger partial charge is 0.493 e. The van der Waals surface area contributed by atoms with Gasteiger partial charge in [-0.2, -0.15) is 13.5 Å². The van der Waals surface area contributed by atoms with Crippen LogP contribution in [0.4, 0.5) is 11.5 Å². The lowest BCUT2D eigenvalue weighted by Crippen LogP contribution is -2.11. The molecule has 11 nitrogen and oxygen atoms in total. The van der Waals surface area contributed by atoms with Crippen molar-refractivity contribution < 1.29 is 22.3 Å². The molecule has 1 N–H and O–H groups in total. The van der Waals surface area contributed by atoms with Crippen LogP contribution >= 0.6 is 11.6 Å². The van der Waals surface area contributed by atoms with E-state index in [0.717, 1.165) is 6.07 Å². The Bertz CT molecular complexity index is 1280. The molecule has 0 aliphatic heterocycles. The van der Waals surface area contributed by atoms with E-state index in [-0.39, 0.29) is 27.2 Å². The monoisotopic (exact) mass is 477 g/mol. The molecule has 0 bridgehead atoms. The zero-order valence-electron chi connectivity index (χ0n) is 16.7. The summed E-state index contributed by atoms with van der Waals surface area (Å²) in [5.74, 6) is 0.394. The van der Waals surface area contributed by atoms with Crippen molar-refractivity contribution in [3.8, 4) is 11.5 Å². The van der Waals surface area contributed by atoms with Gasteiger partial charge >= 0.3 is 10.1 Å². The molecule has 0 aliphatic carbocycles. The summed E-state index contributed by atoms with van der Waals surface area (Å²) in [6, 6.07) is 11.1. The number of nitro groups is 1. The number of halogens is 1. The zero-order chi connectivity index (χ0) is 23.3. The summed E-state index contributed by atoms with van der Waals surface area (Å²) < 4.78 is 35.6. The molecule has 0 spiro atoms. The predicted octanol–water partition coefficient (Wildman–Crippen LogP) is 3.57. The number of ether oxygens (including phenoxy) is 1. The van der Waals surface area contributed by atoms with E-state index in [4.69, 9.17) is 20.5 Å². The molecule has 2 aromatic carbocycles. The molecule has 0 saturated carbocycles. The standard InChI is InChI=1S/C19H16ClN5O6S/c1-12-3-5-14(10-15(12)25(26)27)32(28,29)31-16-6-4-13(9-17(16)30-2)11-21-23-19-8-7-18(20)22-24-19/h3-11H,1-2H3,(H,23,24)/b21-11+. The van der Waals surface area contributed by atoms with Gasteiger partial charge < -0.3 is 8.92 Å². The van der Waals surface area contributed by atoms with Crippen LogP contribution in [0.1, 0.15) is 11.1 Å². The van der Waals surface area contributed by atoms with Crippen molar-refractivity contribution in [2.75, 3.05) is 12.5 Å². The number of methoxy groups -OCH3 is 1. The molecule has 0 amide bonds. The molecular weight excluding hydrogens is 462 g/mol. The lowest BCUT2D eigenvalue weighted by molar-refractivity contribution is -0.385. The summed E-state index contributed by atoms with van der Waals surface area (Å²) in [7, 11) is -3.00. The molecule has 0 saturated heterocycles. The Morgan fingerprint density at radius 1 is 1.12 bits per heavy atom. The van der Waals surface area contributed by atoms with Crippen molar-refractivity contribution in [2.45, 2.75) is 11.8 Å². The molecule has 13 heteroatoms. The number of anilines is 1. The van der Waals surface area contributed by atoms with Gasteiger partial charge in [0.05, 0.1) is 18.2 Å². The van der Waals surface area contributed by atoms with E-state index in [9.17, 15) is 18.5 Å². The fourth-order valence-electron chi connectivity index (χ4n) is 2.49. The molecule has 0 radical (unpaired) electrons. The van der Waals surface area contributed by atoms with E-state index in [1.165, 1.54) is 44.5 Å². The van der Waals surface area contributed by atoms with Gasteiger partial charge in [-0.05, 0) is 48.9 Å². The second kappa shape index (κ2) is 9.58. The van der Waals surface area contributed by atoms with Crippen molar-refractivity contribution in [3.05, 3.63) is 74.9 Å². The van der Waals surface area contributed by atoms with Gasteiger partial charge in [0.15, 0.2) is 22.5 Å². The Labute approximate surface area is 187 Å². The quantitative estimate of drug-likeness (QED) is 0.222. The molecular formula is C19H16ClN5O6S. The first-order chi connectivity index (χ1) is 15.2. The minimum Gasteiger partial charge on any atom is -0.493 e. The molecule has 0 atom stereocenters. The fourth-order valence-corrected chi connectivity index (χ4v) is 3.55. The molecule has 1 aromatic heterocycles. The Kier molecular flexibility index (Phi) is 6.85. The normalized spacial score (nSPS) is 11.3. The molecule has 0 aliphatic rings. The average molecular weight is 478 g/mol. The van der Waals surface area contributed by atoms with E-state index in [1.54, 1.807) is 18.2 Å². The van der Waals surface area contributed by atoms with Gasteiger partial charge in [-0.3, -0.25) is 15.5 Å². The van der Waals surface area contributed by atoms with Crippen LogP contribution in [0.15, 0.2) is 58.5 Å². The van der Waals surface area contributed by atoms with E-state index in [1.807, 2.05) is 0 Å². The third kappa shape index (κ3) is 5.47. The lowest BCUT2D eigenvalue weighted by atomic mass is 10.2. The Morgan fingerprint density at radius 3 is 2.56 bits per heavy atom. The predicted molar refractivity (Wildman–Crippen MR) is 117 cm³/mol. The highest BCUT2D eigenvalue weighted by atomic mass is 35.5. The first-order valence-electron chi connectivity index (χ1n) is 8.85. The Morgan fingerprint density at radius 2 is 1.91 bits per heavy atom. The van der Waals surface area contributed by atoms with Gasteiger partial charge in [0.25, 0.3) is 5.69 Å². The van der Waals surface area contributed by atoms with Crippen molar-refractivity contribution in [1.29, 1.82) is 0 Å². The SMILES string of the molecule is COc1cc(/C=N/Nc2ccc(Cl)nn2)ccc1OS(=O)(=O)c1ccc(C)c([N+](=O)[O-])c1. The number of rotatable bonds is 8. The van der Waals surface area contributed by atoms with Gasteiger partial charge in [0.1, 0.15) is 4.90 Å². The van der Waals surface area contributed by atoms with Crippen LogP contribution in [-0.4, -0.2) is 36.9 Å². The summed E-state index contributed by atoms with van der Waals surface area (Å²) in [6.07, 6.45) is 1.44. The number of hydrazone groups is 1. The lowest BCUT2D eigenvalue weighted by Gasteiger charge is -2.11. The maximum atomic E-state index is 12.6. The molecule has 0 fully saturated rings. The van der Waals surface area contributed by atoms with Crippen molar-refractivity contribution in [1.82, 2.24) is 10.2 Å². The van der Waals surface area contributed by atoms with Gasteiger partial charge in [-0.1, -0.05) is 17.7 Å². The number of hydrogen-bond acceptors (Lipinski definition) is 10. The summed E-state index contributed by atoms with van der Waals surface area (Å²) >= 11 is 5.66. The number of hydrogen-bond donors (Lipinski definition) is 1. The maximum Gasteiger partial charge on any atom is 0.339 e. The van der Waals surface area contributed by atoms with Crippen molar-refractivity contribution in [2.24, 2.45) is 5.10 Å². The maximum absolute atomic E-state index is 12.6. The number of benzene rings is 2. The van der Waals surface area contributed by atoms with Crippen LogP contribution < -0.4 is 14.3 Å². The fraction of sp³-hybridized carbons (Fsp3) is 0.105. The molecule has 1 heterocycles. The molecule has 166 valence electrons. The number of nitrogens with one attached hydrogen (secondary N) is 1. The number of nitro benzene ring substituents is 1. The zero-order valence-corrected chi connectivity index (χ0v) is 18.3. The minimum absolute atomic E-state index is 0.0931. The Balaban J connectivity index is 1.80. The highest BCUT2D eigenvalue weighted by Gasteiger charge is 2.23. The highest BCUT2D eigenvalue weighted by molar-refractivity contribution is 7.87. The van der Waals surface area contributed by atoms with E-state index >= 15 is 0 Å². The second-order valence-electron chi connectivity index (χ2n) is 6.26. The van der Waals surface area contributed by atoms with Crippen LogP contribution in [0.25, 0.3) is 0 Å². The minimum atomic E-state index is -4.34. The van der Waals surface area contributed by atoms with Gasteiger partial charge in [0.2, 0.25) is 0 Å².